The molecule has 0 bridgehead atoms. The predicted molar refractivity (Wildman–Crippen MR) is 101 cm³/mol. The third kappa shape index (κ3) is 14.6. The molecule has 0 saturated carbocycles. The third-order valence-corrected chi connectivity index (χ3v) is 3.38. The van der Waals surface area contributed by atoms with E-state index in [0.29, 0.717) is 13.2 Å². The fourth-order valence-corrected chi connectivity index (χ4v) is 1.82. The lowest BCUT2D eigenvalue weighted by Crippen LogP contribution is -2.40. The zero-order valence-corrected chi connectivity index (χ0v) is 16.4. The van der Waals surface area contributed by atoms with E-state index in [1.807, 2.05) is 7.05 Å². The number of guanidine groups is 1. The van der Waals surface area contributed by atoms with Gasteiger partial charge < -0.3 is 20.1 Å². The number of methoxy groups -OCH3 is 1. The Labute approximate surface area is 147 Å². The highest BCUT2D eigenvalue weighted by Crippen LogP contribution is 2.04. The second kappa shape index (κ2) is 18.0. The molecule has 0 aromatic carbocycles. The largest absolute Gasteiger partial charge is 0.382 e. The third-order valence-electron chi connectivity index (χ3n) is 3.38. The van der Waals surface area contributed by atoms with E-state index >= 15 is 0 Å². The Morgan fingerprint density at radius 3 is 2.33 bits per heavy atom. The Bertz CT molecular complexity index is 237. The maximum absolute atomic E-state index is 5.42. The van der Waals surface area contributed by atoms with E-state index in [0.717, 1.165) is 44.4 Å². The van der Waals surface area contributed by atoms with E-state index in [9.17, 15) is 0 Å². The van der Waals surface area contributed by atoms with Crippen molar-refractivity contribution in [3.05, 3.63) is 0 Å². The van der Waals surface area contributed by atoms with Crippen LogP contribution in [0.1, 0.15) is 39.5 Å². The molecule has 0 radical (unpaired) electrons. The summed E-state index contributed by atoms with van der Waals surface area (Å²) in [4.78, 5) is 4.23. The second-order valence-corrected chi connectivity index (χ2v) is 4.87. The van der Waals surface area contributed by atoms with Crippen molar-refractivity contribution in [2.24, 2.45) is 10.9 Å². The van der Waals surface area contributed by atoms with Crippen molar-refractivity contribution >= 4 is 29.9 Å². The van der Waals surface area contributed by atoms with Gasteiger partial charge in [0.25, 0.3) is 0 Å². The van der Waals surface area contributed by atoms with Crippen LogP contribution in [0.3, 0.4) is 0 Å². The summed E-state index contributed by atoms with van der Waals surface area (Å²) in [5.74, 6) is 1.62. The van der Waals surface area contributed by atoms with E-state index in [1.54, 1.807) is 7.11 Å². The van der Waals surface area contributed by atoms with Gasteiger partial charge in [-0.15, -0.1) is 24.0 Å². The molecule has 0 unspecified atom stereocenters. The molecule has 5 nitrogen and oxygen atoms in total. The molecule has 21 heavy (non-hydrogen) atoms. The molecular formula is C15H34IN3O2. The molecule has 0 aliphatic rings. The topological polar surface area (TPSA) is 54.9 Å². The SMILES string of the molecule is CCC(CC)CNC(=NC)NCCCCOCCOC.I. The quantitative estimate of drug-likeness (QED) is 0.223. The average Bonchev–Trinajstić information content (AvgIpc) is 2.48. The maximum atomic E-state index is 5.42. The molecular weight excluding hydrogens is 381 g/mol. The molecule has 0 aromatic rings. The number of nitrogens with one attached hydrogen (secondary N) is 2. The van der Waals surface area contributed by atoms with Gasteiger partial charge in [-0.1, -0.05) is 26.7 Å². The molecule has 0 rings (SSSR count). The van der Waals surface area contributed by atoms with Gasteiger partial charge in [0.05, 0.1) is 13.2 Å². The zero-order valence-electron chi connectivity index (χ0n) is 14.1. The van der Waals surface area contributed by atoms with Crippen LogP contribution in [0.15, 0.2) is 4.99 Å². The van der Waals surface area contributed by atoms with Gasteiger partial charge in [0.15, 0.2) is 5.96 Å². The Balaban J connectivity index is 0. The highest BCUT2D eigenvalue weighted by atomic mass is 127. The molecule has 128 valence electrons. The summed E-state index contributed by atoms with van der Waals surface area (Å²) in [5, 5.41) is 6.71. The summed E-state index contributed by atoms with van der Waals surface area (Å²) >= 11 is 0. The van der Waals surface area contributed by atoms with Crippen LogP contribution in [-0.4, -0.2) is 53.0 Å². The lowest BCUT2D eigenvalue weighted by atomic mass is 10.0. The maximum Gasteiger partial charge on any atom is 0.190 e. The van der Waals surface area contributed by atoms with Gasteiger partial charge in [0, 0.05) is 33.9 Å². The van der Waals surface area contributed by atoms with Crippen molar-refractivity contribution < 1.29 is 9.47 Å². The molecule has 0 fully saturated rings. The first kappa shape index (κ1) is 23.2. The summed E-state index contributed by atoms with van der Waals surface area (Å²) in [6.45, 7) is 8.53. The molecule has 0 spiro atoms. The van der Waals surface area contributed by atoms with Crippen molar-refractivity contribution in [3.8, 4) is 0 Å². The first-order valence-corrected chi connectivity index (χ1v) is 7.79. The van der Waals surface area contributed by atoms with E-state index in [4.69, 9.17) is 9.47 Å². The minimum absolute atomic E-state index is 0. The lowest BCUT2D eigenvalue weighted by Gasteiger charge is -2.16. The molecule has 0 saturated heterocycles. The fourth-order valence-electron chi connectivity index (χ4n) is 1.82. The Morgan fingerprint density at radius 2 is 1.76 bits per heavy atom. The fraction of sp³-hybridized carbons (Fsp3) is 0.933. The number of rotatable bonds is 12. The first-order valence-electron chi connectivity index (χ1n) is 7.79. The molecule has 6 heteroatoms. The lowest BCUT2D eigenvalue weighted by molar-refractivity contribution is 0.0689. The van der Waals surface area contributed by atoms with E-state index < -0.39 is 0 Å². The zero-order chi connectivity index (χ0) is 15.1. The summed E-state index contributed by atoms with van der Waals surface area (Å²) < 4.78 is 10.3. The van der Waals surface area contributed by atoms with E-state index in [1.165, 1.54) is 12.8 Å². The van der Waals surface area contributed by atoms with Crippen molar-refractivity contribution in [1.82, 2.24) is 10.6 Å². The highest BCUT2D eigenvalue weighted by molar-refractivity contribution is 14.0. The molecule has 0 atom stereocenters. The van der Waals surface area contributed by atoms with Crippen LogP contribution in [-0.2, 0) is 9.47 Å². The standard InChI is InChI=1S/C15H33N3O2.HI/c1-5-14(6-2)13-18-15(16-3)17-9-7-8-10-20-12-11-19-4;/h14H,5-13H2,1-4H3,(H2,16,17,18);1H. The van der Waals surface area contributed by atoms with Crippen molar-refractivity contribution in [1.29, 1.82) is 0 Å². The van der Waals surface area contributed by atoms with Crippen molar-refractivity contribution in [2.45, 2.75) is 39.5 Å². The highest BCUT2D eigenvalue weighted by Gasteiger charge is 2.04. The van der Waals surface area contributed by atoms with Gasteiger partial charge in [-0.05, 0) is 18.8 Å². The van der Waals surface area contributed by atoms with Gasteiger partial charge in [-0.3, -0.25) is 4.99 Å². The van der Waals surface area contributed by atoms with Crippen LogP contribution in [0.2, 0.25) is 0 Å². The summed E-state index contributed by atoms with van der Waals surface area (Å²) in [6.07, 6.45) is 4.55. The molecule has 2 N–H and O–H groups in total. The molecule has 0 aliphatic carbocycles. The minimum atomic E-state index is 0. The van der Waals surface area contributed by atoms with Crippen LogP contribution in [0.25, 0.3) is 0 Å². The molecule has 0 aliphatic heterocycles. The Morgan fingerprint density at radius 1 is 1.05 bits per heavy atom. The van der Waals surface area contributed by atoms with E-state index in [-0.39, 0.29) is 24.0 Å². The van der Waals surface area contributed by atoms with Gasteiger partial charge in [0.1, 0.15) is 0 Å². The normalized spacial score (nSPS) is 11.4. The number of aliphatic imine (C=N–C) groups is 1. The smallest absolute Gasteiger partial charge is 0.190 e. The predicted octanol–water partition coefficient (Wildman–Crippen LogP) is 2.65. The molecule has 0 heterocycles. The monoisotopic (exact) mass is 415 g/mol. The first-order chi connectivity index (χ1) is 9.78. The number of ether oxygens (including phenoxy) is 2. The Hall–Kier alpha value is -0.0800. The van der Waals surface area contributed by atoms with Crippen LogP contribution in [0.5, 0.6) is 0 Å². The number of nitrogens with zero attached hydrogens (tertiary/aromatic N) is 1. The van der Waals surface area contributed by atoms with Crippen molar-refractivity contribution in [2.75, 3.05) is 47.1 Å². The van der Waals surface area contributed by atoms with Gasteiger partial charge in [-0.25, -0.2) is 0 Å². The van der Waals surface area contributed by atoms with Crippen LogP contribution < -0.4 is 10.6 Å². The van der Waals surface area contributed by atoms with Crippen LogP contribution in [0.4, 0.5) is 0 Å². The minimum Gasteiger partial charge on any atom is -0.382 e. The number of hydrogen-bond donors (Lipinski definition) is 2. The summed E-state index contributed by atoms with van der Waals surface area (Å²) in [5.41, 5.74) is 0. The Kier molecular flexibility index (Phi) is 19.8. The van der Waals surface area contributed by atoms with Crippen LogP contribution >= 0.6 is 24.0 Å². The van der Waals surface area contributed by atoms with Gasteiger partial charge in [-0.2, -0.15) is 0 Å². The average molecular weight is 415 g/mol. The molecule has 0 amide bonds. The molecule has 0 aromatic heterocycles. The van der Waals surface area contributed by atoms with Crippen LogP contribution in [0, 0.1) is 5.92 Å². The summed E-state index contributed by atoms with van der Waals surface area (Å²) in [7, 11) is 3.50. The number of halogens is 1. The van der Waals surface area contributed by atoms with Crippen molar-refractivity contribution in [3.63, 3.8) is 0 Å². The van der Waals surface area contributed by atoms with Gasteiger partial charge >= 0.3 is 0 Å². The van der Waals surface area contributed by atoms with E-state index in [2.05, 4.69) is 29.5 Å². The number of hydrogen-bond acceptors (Lipinski definition) is 3. The van der Waals surface area contributed by atoms with Gasteiger partial charge in [0.2, 0.25) is 0 Å². The number of unbranched alkanes of at least 4 members (excludes halogenated alkanes) is 1. The summed E-state index contributed by atoms with van der Waals surface area (Å²) in [6, 6.07) is 0. The second-order valence-electron chi connectivity index (χ2n) is 4.87.